The number of rotatable bonds is 6. The van der Waals surface area contributed by atoms with Gasteiger partial charge in [-0.3, -0.25) is 20.4 Å². The van der Waals surface area contributed by atoms with Crippen molar-refractivity contribution in [3.63, 3.8) is 0 Å². The summed E-state index contributed by atoms with van der Waals surface area (Å²) in [5.74, 6) is -0.984. The lowest BCUT2D eigenvalue weighted by atomic mass is 9.87. The van der Waals surface area contributed by atoms with Crippen LogP contribution in [0.1, 0.15) is 72.7 Å². The van der Waals surface area contributed by atoms with Crippen LogP contribution in [0.2, 0.25) is 0 Å². The Labute approximate surface area is 195 Å². The Kier molecular flexibility index (Phi) is 7.44. The van der Waals surface area contributed by atoms with E-state index in [-0.39, 0.29) is 27.7 Å². The molecule has 1 saturated carbocycles. The standard InChI is InChI=1S/C24H31N3O5S/c1-24(2,3)18-12-9-16(10-13-18)22(28)25-26-23(29)17-11-14-20(32-4)21(15-17)33(30,31)27-19-7-5-6-8-19/h9-15,19,27H,5-8H2,1-4H3,(H,25,28)(H,26,29). The summed E-state index contributed by atoms with van der Waals surface area (Å²) in [5.41, 5.74) is 6.21. The molecule has 2 aromatic rings. The zero-order chi connectivity index (χ0) is 24.2. The highest BCUT2D eigenvalue weighted by Gasteiger charge is 2.26. The molecule has 0 aliphatic heterocycles. The summed E-state index contributed by atoms with van der Waals surface area (Å²) in [6.07, 6.45) is 3.52. The first-order valence-corrected chi connectivity index (χ1v) is 12.4. The molecule has 178 valence electrons. The minimum absolute atomic E-state index is 0.0394. The largest absolute Gasteiger partial charge is 0.495 e. The smallest absolute Gasteiger partial charge is 0.269 e. The summed E-state index contributed by atoms with van der Waals surface area (Å²) in [6, 6.07) is 11.1. The molecular formula is C24H31N3O5S. The molecule has 2 amide bonds. The fourth-order valence-electron chi connectivity index (χ4n) is 3.73. The zero-order valence-electron chi connectivity index (χ0n) is 19.4. The highest BCUT2D eigenvalue weighted by molar-refractivity contribution is 7.89. The molecule has 8 nitrogen and oxygen atoms in total. The second-order valence-electron chi connectivity index (χ2n) is 9.20. The van der Waals surface area contributed by atoms with Crippen molar-refractivity contribution in [1.82, 2.24) is 15.6 Å². The van der Waals surface area contributed by atoms with E-state index in [9.17, 15) is 18.0 Å². The summed E-state index contributed by atoms with van der Waals surface area (Å²) in [7, 11) is -2.51. The normalized spacial score (nSPS) is 14.7. The van der Waals surface area contributed by atoms with E-state index in [2.05, 4.69) is 36.3 Å². The number of amides is 2. The molecule has 0 spiro atoms. The van der Waals surface area contributed by atoms with E-state index in [1.165, 1.54) is 25.3 Å². The minimum Gasteiger partial charge on any atom is -0.495 e. The lowest BCUT2D eigenvalue weighted by Crippen LogP contribution is -2.41. The highest BCUT2D eigenvalue weighted by Crippen LogP contribution is 2.27. The number of nitrogens with one attached hydrogen (secondary N) is 3. The van der Waals surface area contributed by atoms with Crippen molar-refractivity contribution < 1.29 is 22.7 Å². The van der Waals surface area contributed by atoms with E-state index >= 15 is 0 Å². The van der Waals surface area contributed by atoms with Gasteiger partial charge in [-0.25, -0.2) is 13.1 Å². The lowest BCUT2D eigenvalue weighted by Gasteiger charge is -2.19. The van der Waals surface area contributed by atoms with Gasteiger partial charge in [-0.15, -0.1) is 0 Å². The molecule has 2 aromatic carbocycles. The van der Waals surface area contributed by atoms with Crippen LogP contribution in [0.15, 0.2) is 47.4 Å². The van der Waals surface area contributed by atoms with Crippen LogP contribution in [0.4, 0.5) is 0 Å². The number of ether oxygens (including phenoxy) is 1. The molecule has 1 aliphatic carbocycles. The third kappa shape index (κ3) is 6.11. The summed E-state index contributed by atoms with van der Waals surface area (Å²) >= 11 is 0. The molecule has 0 heterocycles. The number of methoxy groups -OCH3 is 1. The van der Waals surface area contributed by atoms with Crippen LogP contribution in [0.25, 0.3) is 0 Å². The minimum atomic E-state index is -3.88. The van der Waals surface area contributed by atoms with Gasteiger partial charge >= 0.3 is 0 Å². The van der Waals surface area contributed by atoms with E-state index in [1.807, 2.05) is 12.1 Å². The molecule has 0 bridgehead atoms. The van der Waals surface area contributed by atoms with Crippen molar-refractivity contribution in [3.8, 4) is 5.75 Å². The highest BCUT2D eigenvalue weighted by atomic mass is 32.2. The van der Waals surface area contributed by atoms with Gasteiger partial charge in [0.2, 0.25) is 10.0 Å². The molecular weight excluding hydrogens is 442 g/mol. The van der Waals surface area contributed by atoms with Crippen LogP contribution in [0.5, 0.6) is 5.75 Å². The molecule has 3 N–H and O–H groups in total. The fourth-order valence-corrected chi connectivity index (χ4v) is 5.23. The van der Waals surface area contributed by atoms with Crippen LogP contribution in [-0.2, 0) is 15.4 Å². The second-order valence-corrected chi connectivity index (χ2v) is 10.9. The quantitative estimate of drug-likeness (QED) is 0.557. The molecule has 0 saturated heterocycles. The summed E-state index contributed by atoms with van der Waals surface area (Å²) < 4.78 is 33.7. The average molecular weight is 474 g/mol. The van der Waals surface area contributed by atoms with Crippen molar-refractivity contribution in [2.75, 3.05) is 7.11 Å². The van der Waals surface area contributed by atoms with Gasteiger partial charge in [-0.05, 0) is 54.2 Å². The van der Waals surface area contributed by atoms with E-state index in [0.717, 1.165) is 31.2 Å². The Morgan fingerprint density at radius 2 is 1.45 bits per heavy atom. The van der Waals surface area contributed by atoms with Gasteiger partial charge in [0.15, 0.2) is 0 Å². The van der Waals surface area contributed by atoms with Crippen LogP contribution in [0.3, 0.4) is 0 Å². The topological polar surface area (TPSA) is 114 Å². The molecule has 9 heteroatoms. The Morgan fingerprint density at radius 1 is 0.909 bits per heavy atom. The van der Waals surface area contributed by atoms with Crippen LogP contribution in [-0.4, -0.2) is 33.4 Å². The molecule has 0 unspecified atom stereocenters. The number of sulfonamides is 1. The predicted molar refractivity (Wildman–Crippen MR) is 126 cm³/mol. The summed E-state index contributed by atoms with van der Waals surface area (Å²) in [6.45, 7) is 6.23. The number of hydrogen-bond acceptors (Lipinski definition) is 5. The molecule has 33 heavy (non-hydrogen) atoms. The first-order valence-electron chi connectivity index (χ1n) is 10.9. The number of hydrogen-bond donors (Lipinski definition) is 3. The molecule has 0 radical (unpaired) electrons. The van der Waals surface area contributed by atoms with Gasteiger partial charge in [0, 0.05) is 17.2 Å². The average Bonchev–Trinajstić information content (AvgIpc) is 3.28. The molecule has 0 aromatic heterocycles. The second kappa shape index (κ2) is 9.93. The van der Waals surface area contributed by atoms with Crippen molar-refractivity contribution in [2.45, 2.75) is 62.8 Å². The maximum absolute atomic E-state index is 12.9. The Bertz CT molecular complexity index is 1120. The maximum Gasteiger partial charge on any atom is 0.269 e. The van der Waals surface area contributed by atoms with Crippen LogP contribution < -0.4 is 20.3 Å². The Hall–Kier alpha value is -2.91. The third-order valence-corrected chi connectivity index (χ3v) is 7.24. The monoisotopic (exact) mass is 473 g/mol. The van der Waals surface area contributed by atoms with Crippen molar-refractivity contribution in [2.24, 2.45) is 0 Å². The fraction of sp³-hybridized carbons (Fsp3) is 0.417. The number of carbonyl (C=O) groups excluding carboxylic acids is 2. The molecule has 0 atom stereocenters. The van der Waals surface area contributed by atoms with Gasteiger partial charge in [0.1, 0.15) is 10.6 Å². The van der Waals surface area contributed by atoms with Gasteiger partial charge in [-0.1, -0.05) is 45.7 Å². The first kappa shape index (κ1) is 24.7. The van der Waals surface area contributed by atoms with E-state index in [1.54, 1.807) is 12.1 Å². The Morgan fingerprint density at radius 3 is 2.00 bits per heavy atom. The maximum atomic E-state index is 12.9. The molecule has 1 aliphatic rings. The molecule has 3 rings (SSSR count). The lowest BCUT2D eigenvalue weighted by molar-refractivity contribution is 0.0846. The predicted octanol–water partition coefficient (Wildman–Crippen LogP) is 3.29. The number of hydrazine groups is 1. The first-order chi connectivity index (χ1) is 15.5. The van der Waals surface area contributed by atoms with Crippen molar-refractivity contribution in [3.05, 3.63) is 59.2 Å². The van der Waals surface area contributed by atoms with Gasteiger partial charge in [-0.2, -0.15) is 0 Å². The SMILES string of the molecule is COc1ccc(C(=O)NNC(=O)c2ccc(C(C)(C)C)cc2)cc1S(=O)(=O)NC1CCCC1. The van der Waals surface area contributed by atoms with E-state index < -0.39 is 21.8 Å². The van der Waals surface area contributed by atoms with Crippen molar-refractivity contribution in [1.29, 1.82) is 0 Å². The van der Waals surface area contributed by atoms with Gasteiger partial charge < -0.3 is 4.74 Å². The van der Waals surface area contributed by atoms with Gasteiger partial charge in [0.05, 0.1) is 7.11 Å². The van der Waals surface area contributed by atoms with Crippen LogP contribution in [0, 0.1) is 0 Å². The van der Waals surface area contributed by atoms with Crippen molar-refractivity contribution >= 4 is 21.8 Å². The zero-order valence-corrected chi connectivity index (χ0v) is 20.2. The number of benzene rings is 2. The summed E-state index contributed by atoms with van der Waals surface area (Å²) in [4.78, 5) is 24.9. The number of carbonyl (C=O) groups is 2. The third-order valence-electron chi connectivity index (χ3n) is 5.69. The summed E-state index contributed by atoms with van der Waals surface area (Å²) in [5, 5.41) is 0. The van der Waals surface area contributed by atoms with E-state index in [0.29, 0.717) is 5.56 Å². The van der Waals surface area contributed by atoms with E-state index in [4.69, 9.17) is 4.74 Å². The van der Waals surface area contributed by atoms with Crippen LogP contribution >= 0.6 is 0 Å². The Balaban J connectivity index is 1.70. The van der Waals surface area contributed by atoms with Gasteiger partial charge in [0.25, 0.3) is 11.8 Å². The molecule has 1 fully saturated rings.